The monoisotopic (exact) mass is 344 g/mol. The van der Waals surface area contributed by atoms with Crippen LogP contribution in [0.25, 0.3) is 0 Å². The second kappa shape index (κ2) is 6.39. The Bertz CT molecular complexity index is 843. The lowest BCUT2D eigenvalue weighted by Crippen LogP contribution is -2.43. The van der Waals surface area contributed by atoms with E-state index in [-0.39, 0.29) is 17.7 Å². The first-order valence-electron chi connectivity index (χ1n) is 7.74. The molecule has 2 heterocycles. The van der Waals surface area contributed by atoms with Crippen LogP contribution in [-0.2, 0) is 16.0 Å². The van der Waals surface area contributed by atoms with Gasteiger partial charge in [-0.1, -0.05) is 18.2 Å². The van der Waals surface area contributed by atoms with Crippen LogP contribution in [0.5, 0.6) is 0 Å². The van der Waals surface area contributed by atoms with Gasteiger partial charge in [0.25, 0.3) is 5.91 Å². The highest BCUT2D eigenvalue weighted by Gasteiger charge is 2.35. The van der Waals surface area contributed by atoms with Crippen molar-refractivity contribution in [2.24, 2.45) is 0 Å². The predicted octanol–water partition coefficient (Wildman–Crippen LogP) is 2.71. The fourth-order valence-corrected chi connectivity index (χ4v) is 2.90. The molecule has 2 aromatic rings. The summed E-state index contributed by atoms with van der Waals surface area (Å²) in [7, 11) is 0. The normalized spacial score (nSPS) is 17.0. The molecule has 0 radical (unpaired) electrons. The molecule has 3 rings (SSSR count). The maximum Gasteiger partial charge on any atom is 0.433 e. The van der Waals surface area contributed by atoms with Gasteiger partial charge in [0, 0.05) is 11.7 Å². The number of benzene rings is 1. The van der Waals surface area contributed by atoms with Crippen molar-refractivity contribution >= 4 is 23.4 Å². The minimum absolute atomic E-state index is 0.0456. The van der Waals surface area contributed by atoms with Crippen molar-refractivity contribution in [1.29, 1.82) is 0 Å². The first kappa shape index (κ1) is 16.7. The van der Waals surface area contributed by atoms with E-state index in [0.717, 1.165) is 29.8 Å². The van der Waals surface area contributed by atoms with Gasteiger partial charge in [0.15, 0.2) is 6.10 Å². The number of rotatable bonds is 4. The summed E-state index contributed by atoms with van der Waals surface area (Å²) >= 11 is 0. The number of nitro groups is 1. The van der Waals surface area contributed by atoms with Crippen molar-refractivity contribution in [3.8, 4) is 0 Å². The summed E-state index contributed by atoms with van der Waals surface area (Å²) in [5.41, 5.74) is 1.86. The molecule has 0 spiro atoms. The summed E-state index contributed by atoms with van der Waals surface area (Å²) in [6, 6.07) is 9.71. The Morgan fingerprint density at radius 2 is 2.04 bits per heavy atom. The van der Waals surface area contributed by atoms with Gasteiger partial charge in [-0.25, -0.2) is 4.79 Å². The second-order valence-corrected chi connectivity index (χ2v) is 5.83. The van der Waals surface area contributed by atoms with E-state index in [1.54, 1.807) is 4.90 Å². The molecule has 1 aliphatic heterocycles. The Labute approximate surface area is 143 Å². The van der Waals surface area contributed by atoms with Gasteiger partial charge in [0.05, 0.1) is 6.07 Å². The molecule has 1 aliphatic rings. The van der Waals surface area contributed by atoms with Crippen LogP contribution in [0.15, 0.2) is 40.8 Å². The van der Waals surface area contributed by atoms with E-state index < -0.39 is 22.9 Å². The molecular formula is C17H16N2O6. The van der Waals surface area contributed by atoms with E-state index in [0.29, 0.717) is 0 Å². The lowest BCUT2D eigenvalue weighted by atomic mass is 10.1. The Morgan fingerprint density at radius 3 is 2.72 bits per heavy atom. The average molecular weight is 344 g/mol. The van der Waals surface area contributed by atoms with Crippen LogP contribution in [0.4, 0.5) is 11.6 Å². The molecule has 1 amide bonds. The summed E-state index contributed by atoms with van der Waals surface area (Å²) in [6.07, 6.45) is -0.322. The Kier molecular flexibility index (Phi) is 4.26. The van der Waals surface area contributed by atoms with Gasteiger partial charge in [-0.3, -0.25) is 14.9 Å². The van der Waals surface area contributed by atoms with Gasteiger partial charge >= 0.3 is 11.9 Å². The van der Waals surface area contributed by atoms with Crippen LogP contribution >= 0.6 is 0 Å². The van der Waals surface area contributed by atoms with Crippen molar-refractivity contribution in [2.45, 2.75) is 32.4 Å². The zero-order valence-corrected chi connectivity index (χ0v) is 13.7. The van der Waals surface area contributed by atoms with E-state index >= 15 is 0 Å². The number of carbonyl (C=O) groups is 2. The number of amides is 1. The standard InChI is InChI=1S/C17H16N2O6/c1-10-9-12-5-3-4-6-13(12)18(10)16(20)11(2)24-17(21)14-7-8-15(25-14)19(22)23/h3-8,10-11H,9H2,1-2H3/t10-,11-/m1/s1. The van der Waals surface area contributed by atoms with Gasteiger partial charge in [-0.2, -0.15) is 0 Å². The van der Waals surface area contributed by atoms with Crippen LogP contribution in [-0.4, -0.2) is 28.9 Å². The Hall–Kier alpha value is -3.16. The van der Waals surface area contributed by atoms with Crippen LogP contribution in [0.2, 0.25) is 0 Å². The SMILES string of the molecule is C[C@@H]1Cc2ccccc2N1C(=O)[C@@H](C)OC(=O)c1ccc([N+](=O)[O-])o1. The number of esters is 1. The highest BCUT2D eigenvalue weighted by atomic mass is 16.7. The van der Waals surface area contributed by atoms with Crippen molar-refractivity contribution in [3.63, 3.8) is 0 Å². The average Bonchev–Trinajstić information content (AvgIpc) is 3.18. The molecule has 0 aliphatic carbocycles. The summed E-state index contributed by atoms with van der Waals surface area (Å²) < 4.78 is 9.91. The molecule has 2 atom stereocenters. The quantitative estimate of drug-likeness (QED) is 0.480. The molecule has 0 saturated carbocycles. The molecule has 25 heavy (non-hydrogen) atoms. The third-order valence-corrected chi connectivity index (χ3v) is 4.05. The molecule has 1 aromatic carbocycles. The van der Waals surface area contributed by atoms with Crippen molar-refractivity contribution in [3.05, 3.63) is 57.8 Å². The largest absolute Gasteiger partial charge is 0.447 e. The lowest BCUT2D eigenvalue weighted by molar-refractivity contribution is -0.402. The van der Waals surface area contributed by atoms with Crippen molar-refractivity contribution in [1.82, 2.24) is 0 Å². The van der Waals surface area contributed by atoms with E-state index in [4.69, 9.17) is 9.15 Å². The molecule has 130 valence electrons. The molecule has 8 nitrogen and oxygen atoms in total. The minimum Gasteiger partial charge on any atom is -0.447 e. The van der Waals surface area contributed by atoms with E-state index in [1.165, 1.54) is 6.92 Å². The smallest absolute Gasteiger partial charge is 0.433 e. The molecule has 0 unspecified atom stereocenters. The lowest BCUT2D eigenvalue weighted by Gasteiger charge is -2.25. The molecule has 8 heteroatoms. The number of carbonyl (C=O) groups excluding carboxylic acids is 2. The topological polar surface area (TPSA) is 103 Å². The zero-order valence-electron chi connectivity index (χ0n) is 13.7. The maximum atomic E-state index is 12.7. The number of hydrogen-bond donors (Lipinski definition) is 0. The zero-order chi connectivity index (χ0) is 18.1. The summed E-state index contributed by atoms with van der Waals surface area (Å²) in [6.45, 7) is 3.38. The van der Waals surface area contributed by atoms with Crippen LogP contribution in [0.1, 0.15) is 30.0 Å². The Balaban J connectivity index is 1.72. The number of furan rings is 1. The molecule has 0 fully saturated rings. The highest BCUT2D eigenvalue weighted by molar-refractivity contribution is 6.00. The third kappa shape index (κ3) is 3.10. The van der Waals surface area contributed by atoms with E-state index in [2.05, 4.69) is 0 Å². The van der Waals surface area contributed by atoms with Gasteiger partial charge in [0.2, 0.25) is 5.76 Å². The van der Waals surface area contributed by atoms with E-state index in [1.807, 2.05) is 31.2 Å². The van der Waals surface area contributed by atoms with Crippen molar-refractivity contribution in [2.75, 3.05) is 4.90 Å². The summed E-state index contributed by atoms with van der Waals surface area (Å²) in [4.78, 5) is 36.2. The van der Waals surface area contributed by atoms with Crippen LogP contribution in [0, 0.1) is 10.1 Å². The second-order valence-electron chi connectivity index (χ2n) is 5.83. The first-order chi connectivity index (χ1) is 11.9. The number of fused-ring (bicyclic) bond motifs is 1. The number of anilines is 1. The summed E-state index contributed by atoms with van der Waals surface area (Å²) in [5, 5.41) is 10.6. The van der Waals surface area contributed by atoms with Gasteiger partial charge in [0.1, 0.15) is 4.92 Å². The molecule has 0 bridgehead atoms. The van der Waals surface area contributed by atoms with Crippen molar-refractivity contribution < 1.29 is 23.7 Å². The molecule has 0 saturated heterocycles. The Morgan fingerprint density at radius 1 is 1.32 bits per heavy atom. The maximum absolute atomic E-state index is 12.7. The van der Waals surface area contributed by atoms with Crippen LogP contribution < -0.4 is 4.90 Å². The van der Waals surface area contributed by atoms with Gasteiger partial charge in [-0.05, 0) is 38.0 Å². The fourth-order valence-electron chi connectivity index (χ4n) is 2.90. The van der Waals surface area contributed by atoms with Crippen LogP contribution in [0.3, 0.4) is 0 Å². The minimum atomic E-state index is -1.05. The number of ether oxygens (including phenoxy) is 1. The van der Waals surface area contributed by atoms with E-state index in [9.17, 15) is 19.7 Å². The summed E-state index contributed by atoms with van der Waals surface area (Å²) in [5.74, 6) is -2.16. The predicted molar refractivity (Wildman–Crippen MR) is 87.3 cm³/mol. The number of hydrogen-bond acceptors (Lipinski definition) is 6. The first-order valence-corrected chi connectivity index (χ1v) is 7.74. The van der Waals surface area contributed by atoms with Gasteiger partial charge < -0.3 is 14.1 Å². The van der Waals surface area contributed by atoms with Gasteiger partial charge in [-0.15, -0.1) is 0 Å². The third-order valence-electron chi connectivity index (χ3n) is 4.05. The highest BCUT2D eigenvalue weighted by Crippen LogP contribution is 2.32. The number of nitrogens with zero attached hydrogens (tertiary/aromatic N) is 2. The molecule has 0 N–H and O–H groups in total. The number of para-hydroxylation sites is 1. The fraction of sp³-hybridized carbons (Fsp3) is 0.294. The molecular weight excluding hydrogens is 328 g/mol. The molecule has 1 aromatic heterocycles.